The number of benzene rings is 2. The van der Waals surface area contributed by atoms with Gasteiger partial charge in [0.1, 0.15) is 17.5 Å². The molecule has 1 N–H and O–H groups in total. The summed E-state index contributed by atoms with van der Waals surface area (Å²) in [6.45, 7) is 1.68. The number of ether oxygens (including phenoxy) is 3. The van der Waals surface area contributed by atoms with E-state index in [4.69, 9.17) is 14.2 Å². The fourth-order valence-electron chi connectivity index (χ4n) is 5.00. The van der Waals surface area contributed by atoms with Crippen molar-refractivity contribution in [2.24, 2.45) is 5.92 Å². The summed E-state index contributed by atoms with van der Waals surface area (Å²) in [7, 11) is 4.00. The van der Waals surface area contributed by atoms with E-state index in [0.29, 0.717) is 17.1 Å². The lowest BCUT2D eigenvalue weighted by atomic mass is 9.67. The summed E-state index contributed by atoms with van der Waals surface area (Å²) < 4.78 is 30.2. The largest absolute Gasteiger partial charge is 0.497 e. The topological polar surface area (TPSA) is 90.9 Å². The summed E-state index contributed by atoms with van der Waals surface area (Å²) in [5.41, 5.74) is 2.19. The minimum atomic E-state index is -1.17. The van der Waals surface area contributed by atoms with E-state index in [0.717, 1.165) is 5.56 Å². The Bertz CT molecular complexity index is 1250. The van der Waals surface area contributed by atoms with Crippen LogP contribution >= 0.6 is 0 Å². The number of ketones is 1. The highest BCUT2D eigenvalue weighted by Gasteiger charge is 2.49. The quantitative estimate of drug-likeness (QED) is 0.516. The van der Waals surface area contributed by atoms with Gasteiger partial charge < -0.3 is 19.5 Å². The van der Waals surface area contributed by atoms with Crippen LogP contribution in [0.2, 0.25) is 0 Å². The van der Waals surface area contributed by atoms with E-state index in [9.17, 15) is 14.4 Å². The van der Waals surface area contributed by atoms with Crippen molar-refractivity contribution in [3.8, 4) is 5.75 Å². The monoisotopic (exact) mass is 479 g/mol. The maximum Gasteiger partial charge on any atom is 0.336 e. The molecule has 0 bridgehead atoms. The van der Waals surface area contributed by atoms with Crippen molar-refractivity contribution < 1.29 is 33.0 Å². The first kappa shape index (κ1) is 24.2. The first-order chi connectivity index (χ1) is 16.8. The predicted molar refractivity (Wildman–Crippen MR) is 125 cm³/mol. The van der Waals surface area contributed by atoms with Crippen molar-refractivity contribution in [1.29, 1.82) is 0 Å². The second kappa shape index (κ2) is 9.74. The molecule has 2 aromatic carbocycles. The first-order valence-corrected chi connectivity index (χ1v) is 11.1. The van der Waals surface area contributed by atoms with Gasteiger partial charge in [-0.3, -0.25) is 9.59 Å². The van der Waals surface area contributed by atoms with Crippen LogP contribution in [0.5, 0.6) is 5.75 Å². The molecule has 0 saturated carbocycles. The third-order valence-electron chi connectivity index (χ3n) is 6.64. The molecule has 4 rings (SSSR count). The van der Waals surface area contributed by atoms with Gasteiger partial charge in [0.15, 0.2) is 5.78 Å². The second-order valence-corrected chi connectivity index (χ2v) is 8.45. The van der Waals surface area contributed by atoms with E-state index < -0.39 is 41.3 Å². The number of Topliss-reactive ketones (excluding diaryl/α,β-unsaturated/α-hetero) is 1. The molecule has 3 atom stereocenters. The van der Waals surface area contributed by atoms with Gasteiger partial charge >= 0.3 is 11.9 Å². The lowest BCUT2D eigenvalue weighted by Gasteiger charge is -2.39. The van der Waals surface area contributed by atoms with Crippen LogP contribution in [0.3, 0.4) is 0 Å². The van der Waals surface area contributed by atoms with E-state index >= 15 is 4.39 Å². The second-order valence-electron chi connectivity index (χ2n) is 8.45. The van der Waals surface area contributed by atoms with E-state index in [1.54, 1.807) is 44.4 Å². The molecule has 0 fully saturated rings. The molecule has 1 aliphatic carbocycles. The van der Waals surface area contributed by atoms with Crippen LogP contribution in [0.15, 0.2) is 71.1 Å². The fourth-order valence-corrected chi connectivity index (χ4v) is 5.00. The van der Waals surface area contributed by atoms with Crippen LogP contribution < -0.4 is 10.1 Å². The van der Waals surface area contributed by atoms with Crippen LogP contribution in [0.25, 0.3) is 0 Å². The molecular formula is C27H26FNO6. The summed E-state index contributed by atoms with van der Waals surface area (Å²) in [4.78, 5) is 39.7. The average Bonchev–Trinajstić information content (AvgIpc) is 2.87. The van der Waals surface area contributed by atoms with Gasteiger partial charge in [-0.2, -0.15) is 0 Å². The third-order valence-corrected chi connectivity index (χ3v) is 6.64. The van der Waals surface area contributed by atoms with E-state index in [2.05, 4.69) is 5.32 Å². The number of hydrogen-bond acceptors (Lipinski definition) is 7. The number of carbonyl (C=O) groups is 3. The number of rotatable bonds is 5. The zero-order valence-corrected chi connectivity index (χ0v) is 19.9. The van der Waals surface area contributed by atoms with Gasteiger partial charge in [0.2, 0.25) is 0 Å². The normalized spacial score (nSPS) is 21.7. The molecule has 182 valence electrons. The van der Waals surface area contributed by atoms with Crippen molar-refractivity contribution >= 4 is 17.7 Å². The van der Waals surface area contributed by atoms with Crippen LogP contribution in [0, 0.1) is 11.7 Å². The minimum Gasteiger partial charge on any atom is -0.497 e. The Balaban J connectivity index is 1.90. The molecule has 0 saturated heterocycles. The Morgan fingerprint density at radius 2 is 1.69 bits per heavy atom. The zero-order valence-electron chi connectivity index (χ0n) is 19.9. The van der Waals surface area contributed by atoms with Gasteiger partial charge in [-0.15, -0.1) is 0 Å². The highest BCUT2D eigenvalue weighted by Crippen LogP contribution is 2.48. The molecule has 7 nitrogen and oxygen atoms in total. The Hall–Kier alpha value is -3.94. The molecule has 8 heteroatoms. The van der Waals surface area contributed by atoms with Crippen LogP contribution in [0.4, 0.5) is 4.39 Å². The van der Waals surface area contributed by atoms with Crippen LogP contribution in [-0.4, -0.2) is 39.1 Å². The highest BCUT2D eigenvalue weighted by molar-refractivity contribution is 6.13. The van der Waals surface area contributed by atoms with Gasteiger partial charge in [-0.05, 0) is 37.1 Å². The molecule has 0 radical (unpaired) electrons. The van der Waals surface area contributed by atoms with Crippen LogP contribution in [-0.2, 0) is 23.9 Å². The van der Waals surface area contributed by atoms with Crippen molar-refractivity contribution in [1.82, 2.24) is 5.32 Å². The molecule has 0 spiro atoms. The van der Waals surface area contributed by atoms with Crippen molar-refractivity contribution in [2.75, 3.05) is 21.3 Å². The molecule has 1 heterocycles. The molecule has 0 aromatic heterocycles. The van der Waals surface area contributed by atoms with Gasteiger partial charge in [0.25, 0.3) is 0 Å². The maximum atomic E-state index is 15.0. The average molecular weight is 480 g/mol. The van der Waals surface area contributed by atoms with Gasteiger partial charge in [0.05, 0.1) is 32.8 Å². The van der Waals surface area contributed by atoms with E-state index in [1.807, 2.05) is 0 Å². The molecule has 35 heavy (non-hydrogen) atoms. The summed E-state index contributed by atoms with van der Waals surface area (Å²) in [6.07, 6.45) is 0.282. The maximum absolute atomic E-state index is 15.0. The van der Waals surface area contributed by atoms with E-state index in [-0.39, 0.29) is 23.1 Å². The smallest absolute Gasteiger partial charge is 0.336 e. The standard InChI is InChI=1S/C27H26FNO6/c1-14-21(26(31)34-3)22(17-7-5-6-8-19(17)28)24-20(29-14)13-18(23(25(24)30)27(32)35-4)15-9-11-16(33-2)12-10-15/h5-12,18,22-23,29H,13H2,1-4H3/t18-,22-,23-/m0/s1. The lowest BCUT2D eigenvalue weighted by Crippen LogP contribution is -2.43. The number of hydrogen-bond donors (Lipinski definition) is 1. The Morgan fingerprint density at radius 3 is 2.29 bits per heavy atom. The minimum absolute atomic E-state index is 0.121. The lowest BCUT2D eigenvalue weighted by molar-refractivity contribution is -0.150. The van der Waals surface area contributed by atoms with Gasteiger partial charge in [-0.25, -0.2) is 9.18 Å². The van der Waals surface area contributed by atoms with Gasteiger partial charge in [-0.1, -0.05) is 30.3 Å². The number of dihydropyridines is 1. The number of allylic oxidation sites excluding steroid dienone is 3. The molecule has 0 unspecified atom stereocenters. The zero-order chi connectivity index (χ0) is 25.3. The van der Waals surface area contributed by atoms with Crippen molar-refractivity contribution in [2.45, 2.75) is 25.2 Å². The van der Waals surface area contributed by atoms with Crippen molar-refractivity contribution in [3.63, 3.8) is 0 Å². The van der Waals surface area contributed by atoms with Gasteiger partial charge in [0, 0.05) is 28.4 Å². The number of carbonyl (C=O) groups excluding carboxylic acids is 3. The summed E-state index contributed by atoms with van der Waals surface area (Å²) >= 11 is 0. The number of halogens is 1. The molecule has 2 aliphatic rings. The predicted octanol–water partition coefficient (Wildman–Crippen LogP) is 3.77. The Morgan fingerprint density at radius 1 is 1.00 bits per heavy atom. The third kappa shape index (κ3) is 4.20. The van der Waals surface area contributed by atoms with Crippen LogP contribution in [0.1, 0.15) is 36.3 Å². The number of methoxy groups -OCH3 is 3. The number of nitrogens with one attached hydrogen (secondary N) is 1. The summed E-state index contributed by atoms with van der Waals surface area (Å²) in [5.74, 6) is -4.55. The molecular weight excluding hydrogens is 453 g/mol. The molecule has 0 amide bonds. The molecule has 1 aliphatic heterocycles. The summed E-state index contributed by atoms with van der Waals surface area (Å²) in [5, 5.41) is 3.17. The van der Waals surface area contributed by atoms with Crippen molar-refractivity contribution in [3.05, 3.63) is 88.0 Å². The van der Waals surface area contributed by atoms with E-state index in [1.165, 1.54) is 32.4 Å². The number of esters is 2. The highest BCUT2D eigenvalue weighted by atomic mass is 19.1. The fraction of sp³-hybridized carbons (Fsp3) is 0.296. The first-order valence-electron chi connectivity index (χ1n) is 11.1. The SMILES string of the molecule is COC(=O)C1=C(C)NC2=C(C(=O)[C@@H](C(=O)OC)[C@H](c3ccc(OC)cc3)C2)[C@H]1c1ccccc1F. The summed E-state index contributed by atoms with van der Waals surface area (Å²) in [6, 6.07) is 13.1. The Kier molecular flexibility index (Phi) is 6.73. The Labute approximate surface area is 202 Å². The molecule has 2 aromatic rings.